The van der Waals surface area contributed by atoms with Gasteiger partial charge in [0.1, 0.15) is 0 Å². The summed E-state index contributed by atoms with van der Waals surface area (Å²) in [6.45, 7) is 1.78. The highest BCUT2D eigenvalue weighted by Crippen LogP contribution is 2.27. The molecule has 0 aliphatic heterocycles. The lowest BCUT2D eigenvalue weighted by Crippen LogP contribution is -1.97. The summed E-state index contributed by atoms with van der Waals surface area (Å²) in [4.78, 5) is 4.07. The smallest absolute Gasteiger partial charge is 0.243 e. The maximum atomic E-state index is 13.6. The first-order valence-electron chi connectivity index (χ1n) is 5.21. The van der Waals surface area contributed by atoms with Crippen LogP contribution in [-0.4, -0.2) is 4.98 Å². The van der Waals surface area contributed by atoms with Crippen LogP contribution in [0.4, 0.5) is 10.1 Å². The molecule has 1 aromatic carbocycles. The van der Waals surface area contributed by atoms with Gasteiger partial charge in [-0.3, -0.25) is 0 Å². The van der Waals surface area contributed by atoms with Crippen molar-refractivity contribution in [3.63, 3.8) is 0 Å². The maximum absolute atomic E-state index is 13.6. The molecule has 0 fully saturated rings. The molecule has 0 aliphatic carbocycles. The minimum absolute atomic E-state index is 0.0150. The zero-order chi connectivity index (χ0) is 13.1. The van der Waals surface area contributed by atoms with E-state index in [0.717, 1.165) is 6.07 Å². The van der Waals surface area contributed by atoms with Crippen LogP contribution in [0.5, 0.6) is 11.6 Å². The zero-order valence-corrected chi connectivity index (χ0v) is 9.64. The van der Waals surface area contributed by atoms with Crippen molar-refractivity contribution in [2.75, 3.05) is 5.73 Å². The van der Waals surface area contributed by atoms with Gasteiger partial charge in [0.05, 0.1) is 17.3 Å². The number of benzene rings is 1. The number of ether oxygens (including phenoxy) is 1. The third-order valence-electron chi connectivity index (χ3n) is 2.30. The van der Waals surface area contributed by atoms with E-state index in [2.05, 4.69) is 4.98 Å². The number of aromatic nitrogens is 1. The first-order chi connectivity index (χ1) is 8.60. The molecule has 0 aliphatic rings. The minimum atomic E-state index is -0.628. The molecule has 0 unspecified atom stereocenters. The highest BCUT2D eigenvalue weighted by Gasteiger charge is 2.09. The minimum Gasteiger partial charge on any atom is -0.434 e. The van der Waals surface area contributed by atoms with Gasteiger partial charge in [0.25, 0.3) is 0 Å². The van der Waals surface area contributed by atoms with Crippen molar-refractivity contribution in [2.45, 2.75) is 6.92 Å². The number of nitrogens with zero attached hydrogens (tertiary/aromatic N) is 2. The van der Waals surface area contributed by atoms with E-state index in [-0.39, 0.29) is 17.2 Å². The largest absolute Gasteiger partial charge is 0.434 e. The molecular weight excluding hydrogens is 233 g/mol. The summed E-state index contributed by atoms with van der Waals surface area (Å²) in [6.07, 6.45) is 0. The molecule has 0 radical (unpaired) electrons. The highest BCUT2D eigenvalue weighted by molar-refractivity contribution is 5.50. The van der Waals surface area contributed by atoms with Gasteiger partial charge >= 0.3 is 0 Å². The average molecular weight is 243 g/mol. The predicted molar refractivity (Wildman–Crippen MR) is 64.6 cm³/mol. The topological polar surface area (TPSA) is 71.9 Å². The molecule has 2 N–H and O–H groups in total. The van der Waals surface area contributed by atoms with E-state index in [0.29, 0.717) is 11.4 Å². The Hall–Kier alpha value is -2.61. The van der Waals surface area contributed by atoms with Crippen molar-refractivity contribution in [2.24, 2.45) is 0 Å². The Balaban J connectivity index is 2.34. The molecule has 90 valence electrons. The number of hydrogen-bond acceptors (Lipinski definition) is 4. The molecule has 0 spiro atoms. The van der Waals surface area contributed by atoms with Crippen molar-refractivity contribution >= 4 is 5.69 Å². The molecule has 2 rings (SSSR count). The number of anilines is 1. The second-order valence-electron chi connectivity index (χ2n) is 3.71. The van der Waals surface area contributed by atoms with Gasteiger partial charge in [-0.25, -0.2) is 9.37 Å². The van der Waals surface area contributed by atoms with Crippen molar-refractivity contribution in [1.82, 2.24) is 4.98 Å². The molecule has 0 atom stereocenters. The molecule has 1 aromatic heterocycles. The third kappa shape index (κ3) is 2.38. The molecule has 18 heavy (non-hydrogen) atoms. The average Bonchev–Trinajstić information content (AvgIpc) is 2.36. The Bertz CT molecular complexity index is 635. The SMILES string of the molecule is Cc1ccc(N)c(Oc2ccc(C#N)cc2F)n1. The summed E-state index contributed by atoms with van der Waals surface area (Å²) in [5, 5.41) is 8.63. The standard InChI is InChI=1S/C13H10FN3O/c1-8-2-4-11(16)13(17-8)18-12-5-3-9(7-15)6-10(12)14/h2-6H,16H2,1H3. The first kappa shape index (κ1) is 11.9. The Morgan fingerprint density at radius 3 is 2.78 bits per heavy atom. The van der Waals surface area contributed by atoms with Gasteiger partial charge < -0.3 is 10.5 Å². The fourth-order valence-electron chi connectivity index (χ4n) is 1.38. The predicted octanol–water partition coefficient (Wildman–Crippen LogP) is 2.78. The molecule has 5 heteroatoms. The quantitative estimate of drug-likeness (QED) is 0.880. The number of halogens is 1. The van der Waals surface area contributed by atoms with Gasteiger partial charge in [0.15, 0.2) is 11.6 Å². The lowest BCUT2D eigenvalue weighted by molar-refractivity contribution is 0.428. The molecule has 2 aromatic rings. The van der Waals surface area contributed by atoms with E-state index in [1.165, 1.54) is 12.1 Å². The number of pyridine rings is 1. The van der Waals surface area contributed by atoms with Crippen LogP contribution in [0, 0.1) is 24.1 Å². The van der Waals surface area contributed by atoms with Crippen LogP contribution in [0.3, 0.4) is 0 Å². The van der Waals surface area contributed by atoms with Crippen LogP contribution in [0.2, 0.25) is 0 Å². The van der Waals surface area contributed by atoms with Gasteiger partial charge in [-0.15, -0.1) is 0 Å². The summed E-state index contributed by atoms with van der Waals surface area (Å²) >= 11 is 0. The number of aryl methyl sites for hydroxylation is 1. The Kier molecular flexibility index (Phi) is 3.11. The van der Waals surface area contributed by atoms with Crippen molar-refractivity contribution in [3.8, 4) is 17.7 Å². The monoisotopic (exact) mass is 243 g/mol. The van der Waals surface area contributed by atoms with E-state index < -0.39 is 5.82 Å². The second kappa shape index (κ2) is 4.72. The van der Waals surface area contributed by atoms with Crippen molar-refractivity contribution in [1.29, 1.82) is 5.26 Å². The summed E-state index contributed by atoms with van der Waals surface area (Å²) in [6, 6.07) is 9.15. The van der Waals surface area contributed by atoms with Gasteiger partial charge in [-0.05, 0) is 37.3 Å². The zero-order valence-electron chi connectivity index (χ0n) is 9.64. The number of nitrogens with two attached hydrogens (primary N) is 1. The Morgan fingerprint density at radius 2 is 2.11 bits per heavy atom. The molecular formula is C13H10FN3O. The lowest BCUT2D eigenvalue weighted by atomic mass is 10.2. The normalized spacial score (nSPS) is 9.83. The lowest BCUT2D eigenvalue weighted by Gasteiger charge is -2.08. The fourth-order valence-corrected chi connectivity index (χ4v) is 1.38. The van der Waals surface area contributed by atoms with Gasteiger partial charge in [-0.2, -0.15) is 5.26 Å². The van der Waals surface area contributed by atoms with E-state index in [1.807, 2.05) is 6.07 Å². The van der Waals surface area contributed by atoms with Gasteiger partial charge in [-0.1, -0.05) is 0 Å². The second-order valence-corrected chi connectivity index (χ2v) is 3.71. The van der Waals surface area contributed by atoms with Crippen LogP contribution in [0.15, 0.2) is 30.3 Å². The van der Waals surface area contributed by atoms with Gasteiger partial charge in [0.2, 0.25) is 5.88 Å². The number of nitrogen functional groups attached to an aromatic ring is 1. The Morgan fingerprint density at radius 1 is 1.33 bits per heavy atom. The Labute approximate surface area is 103 Å². The summed E-state index contributed by atoms with van der Waals surface area (Å²) < 4.78 is 18.9. The summed E-state index contributed by atoms with van der Waals surface area (Å²) in [5.41, 5.74) is 6.95. The maximum Gasteiger partial charge on any atom is 0.243 e. The summed E-state index contributed by atoms with van der Waals surface area (Å²) in [5.74, 6) is -0.492. The number of rotatable bonds is 2. The molecule has 0 saturated carbocycles. The molecule has 0 saturated heterocycles. The fraction of sp³-hybridized carbons (Fsp3) is 0.0769. The highest BCUT2D eigenvalue weighted by atomic mass is 19.1. The molecule has 0 amide bonds. The van der Waals surface area contributed by atoms with Crippen molar-refractivity contribution < 1.29 is 9.13 Å². The van der Waals surface area contributed by atoms with Crippen LogP contribution in [0.1, 0.15) is 11.3 Å². The number of hydrogen-bond donors (Lipinski definition) is 1. The van der Waals surface area contributed by atoms with Crippen LogP contribution in [-0.2, 0) is 0 Å². The van der Waals surface area contributed by atoms with Crippen LogP contribution >= 0.6 is 0 Å². The molecule has 0 bridgehead atoms. The third-order valence-corrected chi connectivity index (χ3v) is 2.30. The van der Waals surface area contributed by atoms with E-state index in [9.17, 15) is 4.39 Å². The van der Waals surface area contributed by atoms with Crippen LogP contribution < -0.4 is 10.5 Å². The van der Waals surface area contributed by atoms with E-state index in [4.69, 9.17) is 15.7 Å². The van der Waals surface area contributed by atoms with E-state index >= 15 is 0 Å². The number of nitriles is 1. The van der Waals surface area contributed by atoms with Crippen LogP contribution in [0.25, 0.3) is 0 Å². The first-order valence-corrected chi connectivity index (χ1v) is 5.21. The summed E-state index contributed by atoms with van der Waals surface area (Å²) in [7, 11) is 0. The van der Waals surface area contributed by atoms with E-state index in [1.54, 1.807) is 19.1 Å². The molecule has 4 nitrogen and oxygen atoms in total. The van der Waals surface area contributed by atoms with Crippen molar-refractivity contribution in [3.05, 3.63) is 47.4 Å². The molecule has 1 heterocycles. The van der Waals surface area contributed by atoms with Gasteiger partial charge in [0, 0.05) is 5.69 Å².